The number of hydrazine groups is 1. The lowest BCUT2D eigenvalue weighted by atomic mass is 10.1. The minimum Gasteiger partial charge on any atom is -0.507 e. The van der Waals surface area contributed by atoms with Crippen LogP contribution in [0, 0.1) is 0 Å². The lowest BCUT2D eigenvalue weighted by Gasteiger charge is -2.15. The van der Waals surface area contributed by atoms with Gasteiger partial charge in [0, 0.05) is 24.9 Å². The highest BCUT2D eigenvalue weighted by molar-refractivity contribution is 9.10. The van der Waals surface area contributed by atoms with E-state index < -0.39 is 0 Å². The number of benzene rings is 3. The highest BCUT2D eigenvalue weighted by Crippen LogP contribution is 2.26. The number of hydrogen-bond acceptors (Lipinski definition) is 7. The van der Waals surface area contributed by atoms with Crippen LogP contribution in [0.15, 0.2) is 82.0 Å². The summed E-state index contributed by atoms with van der Waals surface area (Å²) < 4.78 is 3.14. The second-order valence-electron chi connectivity index (χ2n) is 8.34. The molecule has 186 valence electrons. The van der Waals surface area contributed by atoms with E-state index in [0.29, 0.717) is 34.2 Å². The number of aryl methyl sites for hydroxylation is 2. The van der Waals surface area contributed by atoms with Crippen molar-refractivity contribution in [2.75, 3.05) is 6.54 Å². The zero-order chi connectivity index (χ0) is 25.7. The molecule has 8 nitrogen and oxygen atoms in total. The van der Waals surface area contributed by atoms with Gasteiger partial charge >= 0.3 is 0 Å². The Morgan fingerprint density at radius 1 is 0.917 bits per heavy atom. The first kappa shape index (κ1) is 25.7. The van der Waals surface area contributed by atoms with Crippen molar-refractivity contribution >= 4 is 37.6 Å². The maximum absolute atomic E-state index is 9.64. The van der Waals surface area contributed by atoms with Crippen LogP contribution >= 0.6 is 31.9 Å². The molecular weight excluding hydrogens is 588 g/mol. The van der Waals surface area contributed by atoms with Gasteiger partial charge in [0.2, 0.25) is 0 Å². The van der Waals surface area contributed by atoms with Crippen molar-refractivity contribution < 1.29 is 10.2 Å². The summed E-state index contributed by atoms with van der Waals surface area (Å²) in [5.74, 6) is 6.55. The van der Waals surface area contributed by atoms with Crippen LogP contribution < -0.4 is 11.6 Å². The molecule has 0 atom stereocenters. The van der Waals surface area contributed by atoms with E-state index >= 15 is 0 Å². The molecule has 0 spiro atoms. The predicted molar refractivity (Wildman–Crippen MR) is 148 cm³/mol. The van der Waals surface area contributed by atoms with Crippen molar-refractivity contribution in [2.45, 2.75) is 19.4 Å². The molecule has 0 aliphatic heterocycles. The predicted octanol–water partition coefficient (Wildman–Crippen LogP) is 4.80. The molecule has 6 N–H and O–H groups in total. The van der Waals surface area contributed by atoms with Gasteiger partial charge in [-0.2, -0.15) is 0 Å². The van der Waals surface area contributed by atoms with Gasteiger partial charge in [-0.05, 0) is 85.7 Å². The molecule has 0 bridgehead atoms. The van der Waals surface area contributed by atoms with Crippen molar-refractivity contribution in [1.29, 1.82) is 0 Å². The second kappa shape index (κ2) is 11.6. The molecule has 0 aliphatic carbocycles. The average molecular weight is 614 g/mol. The van der Waals surface area contributed by atoms with Crippen LogP contribution in [0.1, 0.15) is 16.7 Å². The van der Waals surface area contributed by atoms with Crippen molar-refractivity contribution in [3.63, 3.8) is 0 Å². The first-order chi connectivity index (χ1) is 17.3. The van der Waals surface area contributed by atoms with E-state index in [0.717, 1.165) is 34.4 Å². The number of rotatable bonds is 9. The summed E-state index contributed by atoms with van der Waals surface area (Å²) >= 11 is 6.67. The Kier molecular flexibility index (Phi) is 8.29. The molecule has 3 aromatic carbocycles. The van der Waals surface area contributed by atoms with Gasteiger partial charge in [-0.25, -0.2) is 5.84 Å². The monoisotopic (exact) mass is 612 g/mol. The van der Waals surface area contributed by atoms with Crippen LogP contribution in [0.5, 0.6) is 11.5 Å². The molecule has 4 aromatic rings. The number of aromatic hydroxyl groups is 2. The van der Waals surface area contributed by atoms with Gasteiger partial charge in [-0.15, -0.1) is 5.10 Å². The number of aromatic nitrogens is 3. The zero-order valence-corrected chi connectivity index (χ0v) is 22.5. The van der Waals surface area contributed by atoms with Gasteiger partial charge in [-0.3, -0.25) is 4.68 Å². The number of nitrogens with two attached hydrogens (primary N) is 2. The number of halogens is 2. The Bertz CT molecular complexity index is 1370. The van der Waals surface area contributed by atoms with Crippen LogP contribution in [-0.2, 0) is 19.4 Å². The molecule has 1 heterocycles. The molecule has 0 fully saturated rings. The lowest BCUT2D eigenvalue weighted by molar-refractivity contribution is 0.399. The molecule has 0 aliphatic rings. The van der Waals surface area contributed by atoms with Gasteiger partial charge in [-0.1, -0.05) is 41.6 Å². The molecule has 0 unspecified atom stereocenters. The Balaban J connectivity index is 1.33. The highest BCUT2D eigenvalue weighted by Gasteiger charge is 2.07. The summed E-state index contributed by atoms with van der Waals surface area (Å²) in [5.41, 5.74) is 11.5. The minimum absolute atomic E-state index is 0.209. The Morgan fingerprint density at radius 3 is 2.14 bits per heavy atom. The standard InChI is InChI=1S/C26H26Br2N6O2/c27-21-13-17(1-7-25(21)35)9-11-33(30)15-23(29)19-3-5-20(6-4-19)24-16-34(32-31-24)12-10-18-2-8-26(36)22(28)14-18/h1-8,13-16,35-36H,9-12,29-30H2/b23-15-. The highest BCUT2D eigenvalue weighted by atomic mass is 79.9. The Labute approximate surface area is 226 Å². The Morgan fingerprint density at radius 2 is 1.53 bits per heavy atom. The third kappa shape index (κ3) is 6.66. The van der Waals surface area contributed by atoms with Crippen LogP contribution in [0.25, 0.3) is 17.0 Å². The molecule has 10 heteroatoms. The largest absolute Gasteiger partial charge is 0.507 e. The van der Waals surface area contributed by atoms with Crippen LogP contribution in [0.2, 0.25) is 0 Å². The average Bonchev–Trinajstić information content (AvgIpc) is 3.35. The summed E-state index contributed by atoms with van der Waals surface area (Å²) in [7, 11) is 0. The topological polar surface area (TPSA) is 126 Å². The zero-order valence-electron chi connectivity index (χ0n) is 19.4. The summed E-state index contributed by atoms with van der Waals surface area (Å²) in [6.45, 7) is 1.24. The molecular formula is C26H26Br2N6O2. The molecule has 0 radical (unpaired) electrons. The quantitative estimate of drug-likeness (QED) is 0.158. The normalized spacial score (nSPS) is 11.6. The minimum atomic E-state index is 0.209. The third-order valence-electron chi connectivity index (χ3n) is 5.67. The van der Waals surface area contributed by atoms with E-state index in [9.17, 15) is 10.2 Å². The maximum Gasteiger partial charge on any atom is 0.129 e. The third-order valence-corrected chi connectivity index (χ3v) is 6.94. The first-order valence-corrected chi connectivity index (χ1v) is 12.8. The van der Waals surface area contributed by atoms with E-state index in [1.807, 2.05) is 54.7 Å². The molecule has 36 heavy (non-hydrogen) atoms. The summed E-state index contributed by atoms with van der Waals surface area (Å²) in [4.78, 5) is 0. The molecule has 0 amide bonds. The number of hydrogen-bond donors (Lipinski definition) is 4. The second-order valence-corrected chi connectivity index (χ2v) is 10.0. The molecule has 1 aromatic heterocycles. The summed E-state index contributed by atoms with van der Waals surface area (Å²) in [5, 5.41) is 29.3. The summed E-state index contributed by atoms with van der Waals surface area (Å²) in [6.07, 6.45) is 5.09. The van der Waals surface area contributed by atoms with E-state index in [1.54, 1.807) is 28.0 Å². The Hall–Kier alpha value is -3.34. The van der Waals surface area contributed by atoms with Crippen molar-refractivity contribution in [3.8, 4) is 22.8 Å². The molecule has 0 saturated heterocycles. The fourth-order valence-corrected chi connectivity index (χ4v) is 4.46. The van der Waals surface area contributed by atoms with Crippen molar-refractivity contribution in [3.05, 3.63) is 98.7 Å². The fourth-order valence-electron chi connectivity index (χ4n) is 3.60. The van der Waals surface area contributed by atoms with Gasteiger partial charge < -0.3 is 21.0 Å². The van der Waals surface area contributed by atoms with Gasteiger partial charge in [0.25, 0.3) is 0 Å². The maximum atomic E-state index is 9.64. The fraction of sp³-hybridized carbons (Fsp3) is 0.154. The van der Waals surface area contributed by atoms with E-state index in [-0.39, 0.29) is 11.5 Å². The van der Waals surface area contributed by atoms with Crippen LogP contribution in [0.4, 0.5) is 0 Å². The summed E-state index contributed by atoms with van der Waals surface area (Å²) in [6, 6.07) is 18.6. The number of phenols is 2. The van der Waals surface area contributed by atoms with Crippen LogP contribution in [0.3, 0.4) is 0 Å². The van der Waals surface area contributed by atoms with Gasteiger partial charge in [0.05, 0.1) is 20.8 Å². The van der Waals surface area contributed by atoms with Gasteiger partial charge in [0.1, 0.15) is 17.2 Å². The van der Waals surface area contributed by atoms with Crippen molar-refractivity contribution in [2.24, 2.45) is 11.6 Å². The van der Waals surface area contributed by atoms with E-state index in [4.69, 9.17) is 11.6 Å². The van der Waals surface area contributed by atoms with Crippen molar-refractivity contribution in [1.82, 2.24) is 20.0 Å². The molecule has 4 rings (SSSR count). The lowest BCUT2D eigenvalue weighted by Crippen LogP contribution is -2.28. The van der Waals surface area contributed by atoms with E-state index in [2.05, 4.69) is 42.2 Å². The SMILES string of the molecule is N/C(=C\N(N)CCc1ccc(O)c(Br)c1)c1ccc(-c2cn(CCc3ccc(O)c(Br)c3)nn2)cc1. The molecule has 0 saturated carbocycles. The smallest absolute Gasteiger partial charge is 0.129 e. The van der Waals surface area contributed by atoms with Crippen LogP contribution in [-0.4, -0.2) is 36.8 Å². The number of phenolic OH excluding ortho intramolecular Hbond substituents is 2. The first-order valence-electron chi connectivity index (χ1n) is 11.2. The number of nitrogens with zero attached hydrogens (tertiary/aromatic N) is 4. The van der Waals surface area contributed by atoms with E-state index in [1.165, 1.54) is 0 Å². The van der Waals surface area contributed by atoms with Gasteiger partial charge in [0.15, 0.2) is 0 Å².